The van der Waals surface area contributed by atoms with Crippen LogP contribution in [0.5, 0.6) is 5.75 Å². The fraction of sp³-hybridized carbons (Fsp3) is 0.182. The second kappa shape index (κ2) is 7.71. The van der Waals surface area contributed by atoms with Gasteiger partial charge in [-0.2, -0.15) is 0 Å². The van der Waals surface area contributed by atoms with Gasteiger partial charge in [0.05, 0.1) is 6.04 Å². The first-order valence-electron chi connectivity index (χ1n) is 9.35. The van der Waals surface area contributed by atoms with Gasteiger partial charge in [0.25, 0.3) is 11.7 Å². The van der Waals surface area contributed by atoms with Crippen molar-refractivity contribution in [3.63, 3.8) is 0 Å². The van der Waals surface area contributed by atoms with E-state index in [9.17, 15) is 14.9 Å². The van der Waals surface area contributed by atoms with Gasteiger partial charge in [-0.15, -0.1) is 0 Å². The Labute approximate surface area is 167 Å². The molecule has 1 aliphatic heterocycles. The van der Waals surface area contributed by atoms with Gasteiger partial charge in [0.1, 0.15) is 0 Å². The number of ether oxygens (including phenoxy) is 1. The summed E-state index contributed by atoms with van der Waals surface area (Å²) >= 11 is 0. The smallest absolute Gasteiger partial charge is 0.366 e. The average molecular weight is 389 g/mol. The summed E-state index contributed by atoms with van der Waals surface area (Å²) in [5, 5.41) is 11.3. The van der Waals surface area contributed by atoms with Gasteiger partial charge in [-0.05, 0) is 33.5 Å². The number of carbonyl (C=O) groups is 1. The normalized spacial score (nSPS) is 15.7. The van der Waals surface area contributed by atoms with Crippen molar-refractivity contribution in [1.82, 2.24) is 4.98 Å². The fourth-order valence-corrected chi connectivity index (χ4v) is 3.52. The molecule has 0 fully saturated rings. The second-order valence-electron chi connectivity index (χ2n) is 6.70. The highest BCUT2D eigenvalue weighted by molar-refractivity contribution is 6.00. The molecule has 1 aromatic heterocycles. The van der Waals surface area contributed by atoms with E-state index >= 15 is 0 Å². The lowest BCUT2D eigenvalue weighted by atomic mass is 9.95. The summed E-state index contributed by atoms with van der Waals surface area (Å²) in [6, 6.07) is 21.4. The third-order valence-corrected chi connectivity index (χ3v) is 4.88. The Balaban J connectivity index is 1.94. The maximum Gasteiger partial charge on any atom is 0.366 e. The van der Waals surface area contributed by atoms with E-state index < -0.39 is 17.1 Å². The summed E-state index contributed by atoms with van der Waals surface area (Å²) in [7, 11) is 0. The van der Waals surface area contributed by atoms with Crippen LogP contribution in [0.1, 0.15) is 30.5 Å². The number of carbonyl (C=O) groups excluding carboxylic acids is 1. The molecule has 7 nitrogen and oxygen atoms in total. The van der Waals surface area contributed by atoms with Crippen LogP contribution in [0, 0.1) is 10.1 Å². The van der Waals surface area contributed by atoms with Crippen LogP contribution in [0.3, 0.4) is 0 Å². The lowest BCUT2D eigenvalue weighted by molar-refractivity contribution is -0.389. The molecule has 0 bridgehead atoms. The van der Waals surface area contributed by atoms with Crippen LogP contribution in [-0.4, -0.2) is 21.9 Å². The Bertz CT molecular complexity index is 1000. The summed E-state index contributed by atoms with van der Waals surface area (Å²) in [6.07, 6.45) is -0.206. The van der Waals surface area contributed by atoms with E-state index in [1.807, 2.05) is 67.6 Å². The minimum Gasteiger partial charge on any atom is -0.474 e. The Hall–Kier alpha value is -3.74. The predicted molar refractivity (Wildman–Crippen MR) is 108 cm³/mol. The van der Waals surface area contributed by atoms with Gasteiger partial charge < -0.3 is 14.9 Å². The molecule has 4 rings (SSSR count). The monoisotopic (exact) mass is 389 g/mol. The lowest BCUT2D eigenvalue weighted by Crippen LogP contribution is -2.48. The highest BCUT2D eigenvalue weighted by Crippen LogP contribution is 2.41. The van der Waals surface area contributed by atoms with Crippen LogP contribution in [0.15, 0.2) is 72.8 Å². The molecular formula is C22H19N3O4. The van der Waals surface area contributed by atoms with Crippen molar-refractivity contribution < 1.29 is 14.5 Å². The van der Waals surface area contributed by atoms with E-state index in [-0.39, 0.29) is 17.5 Å². The van der Waals surface area contributed by atoms with Crippen molar-refractivity contribution >= 4 is 17.5 Å². The van der Waals surface area contributed by atoms with Gasteiger partial charge in [-0.1, -0.05) is 67.6 Å². The zero-order chi connectivity index (χ0) is 20.4. The number of aromatic nitrogens is 1. The first kappa shape index (κ1) is 18.6. The molecule has 146 valence electrons. The van der Waals surface area contributed by atoms with E-state index in [1.165, 1.54) is 17.0 Å². The van der Waals surface area contributed by atoms with E-state index in [0.29, 0.717) is 12.2 Å². The number of pyridine rings is 1. The fourth-order valence-electron chi connectivity index (χ4n) is 3.52. The van der Waals surface area contributed by atoms with Gasteiger partial charge in [0.2, 0.25) is 0 Å². The SMILES string of the molecule is CCC1Oc2ccc([N+](=O)[O-])nc2N(C(c2ccccc2)c2ccccc2)C1=O. The molecule has 1 atom stereocenters. The first-order valence-corrected chi connectivity index (χ1v) is 9.35. The van der Waals surface area contributed by atoms with Gasteiger partial charge in [0.15, 0.2) is 11.9 Å². The minimum absolute atomic E-state index is 0.159. The van der Waals surface area contributed by atoms with Crippen molar-refractivity contribution in [2.45, 2.75) is 25.5 Å². The summed E-state index contributed by atoms with van der Waals surface area (Å²) in [4.78, 5) is 29.8. The average Bonchev–Trinajstić information content (AvgIpc) is 2.76. The van der Waals surface area contributed by atoms with Crippen LogP contribution in [-0.2, 0) is 4.79 Å². The first-order chi connectivity index (χ1) is 14.1. The molecule has 2 aromatic carbocycles. The highest BCUT2D eigenvalue weighted by atomic mass is 16.6. The zero-order valence-electron chi connectivity index (χ0n) is 15.8. The Morgan fingerprint density at radius 3 is 2.14 bits per heavy atom. The van der Waals surface area contributed by atoms with Gasteiger partial charge in [0, 0.05) is 6.07 Å². The minimum atomic E-state index is -0.680. The number of fused-ring (bicyclic) bond motifs is 1. The highest BCUT2D eigenvalue weighted by Gasteiger charge is 2.42. The molecule has 29 heavy (non-hydrogen) atoms. The van der Waals surface area contributed by atoms with Crippen LogP contribution in [0.2, 0.25) is 0 Å². The molecule has 0 saturated heterocycles. The summed E-state index contributed by atoms with van der Waals surface area (Å²) in [6.45, 7) is 1.87. The van der Waals surface area contributed by atoms with Gasteiger partial charge in [-0.3, -0.25) is 9.69 Å². The second-order valence-corrected chi connectivity index (χ2v) is 6.70. The van der Waals surface area contributed by atoms with Crippen molar-refractivity contribution in [3.05, 3.63) is 94.0 Å². The van der Waals surface area contributed by atoms with Crippen molar-refractivity contribution in [2.75, 3.05) is 4.90 Å². The van der Waals surface area contributed by atoms with Crippen molar-refractivity contribution in [3.8, 4) is 5.75 Å². The number of amides is 1. The Morgan fingerprint density at radius 2 is 1.62 bits per heavy atom. The molecule has 0 saturated carbocycles. The Kier molecular flexibility index (Phi) is 4.95. The van der Waals surface area contributed by atoms with E-state index in [0.717, 1.165) is 11.1 Å². The van der Waals surface area contributed by atoms with Gasteiger partial charge >= 0.3 is 5.82 Å². The van der Waals surface area contributed by atoms with Crippen molar-refractivity contribution in [1.29, 1.82) is 0 Å². The number of anilines is 1. The number of rotatable bonds is 5. The largest absolute Gasteiger partial charge is 0.474 e. The summed E-state index contributed by atoms with van der Waals surface area (Å²) in [5.41, 5.74) is 1.76. The third-order valence-electron chi connectivity index (χ3n) is 4.88. The molecule has 1 amide bonds. The van der Waals surface area contributed by atoms with Gasteiger partial charge in [-0.25, -0.2) is 0 Å². The molecular weight excluding hydrogens is 370 g/mol. The van der Waals surface area contributed by atoms with Crippen LogP contribution in [0.25, 0.3) is 0 Å². The molecule has 7 heteroatoms. The Morgan fingerprint density at radius 1 is 1.03 bits per heavy atom. The van der Waals surface area contributed by atoms with E-state index in [1.54, 1.807) is 0 Å². The van der Waals surface area contributed by atoms with E-state index in [4.69, 9.17) is 4.74 Å². The van der Waals surface area contributed by atoms with Crippen LogP contribution >= 0.6 is 0 Å². The van der Waals surface area contributed by atoms with Crippen LogP contribution < -0.4 is 9.64 Å². The summed E-state index contributed by atoms with van der Waals surface area (Å²) < 4.78 is 5.80. The number of benzene rings is 2. The maximum atomic E-state index is 13.4. The lowest BCUT2D eigenvalue weighted by Gasteiger charge is -2.36. The third kappa shape index (κ3) is 3.42. The molecule has 0 spiro atoms. The molecule has 1 aliphatic rings. The molecule has 1 unspecified atom stereocenters. The number of hydrogen-bond donors (Lipinski definition) is 0. The predicted octanol–water partition coefficient (Wildman–Crippen LogP) is 4.28. The zero-order valence-corrected chi connectivity index (χ0v) is 15.8. The topological polar surface area (TPSA) is 85.6 Å². The standard InChI is InChI=1S/C22H19N3O4/c1-2-17-22(26)24(21-18(29-17)13-14-19(23-21)25(27)28)20(15-9-5-3-6-10-15)16-11-7-4-8-12-16/h3-14,17,20H,2H2,1H3. The number of nitrogens with zero attached hydrogens (tertiary/aromatic N) is 3. The quantitative estimate of drug-likeness (QED) is 0.480. The molecule has 2 heterocycles. The molecule has 0 N–H and O–H groups in total. The molecule has 0 aliphatic carbocycles. The molecule has 0 radical (unpaired) electrons. The number of nitro groups is 1. The maximum absolute atomic E-state index is 13.4. The van der Waals surface area contributed by atoms with Crippen molar-refractivity contribution in [2.24, 2.45) is 0 Å². The van der Waals surface area contributed by atoms with Crippen LogP contribution in [0.4, 0.5) is 11.6 Å². The van der Waals surface area contributed by atoms with E-state index in [2.05, 4.69) is 4.98 Å². The number of hydrogen-bond acceptors (Lipinski definition) is 5. The summed E-state index contributed by atoms with van der Waals surface area (Å²) in [5.74, 6) is -0.0869. The molecule has 3 aromatic rings.